The maximum Gasteiger partial charge on any atom is 0.325 e. The van der Waals surface area contributed by atoms with E-state index in [4.69, 9.17) is 9.84 Å². The number of benzene rings is 4. The van der Waals surface area contributed by atoms with E-state index in [1.165, 1.54) is 12.1 Å². The summed E-state index contributed by atoms with van der Waals surface area (Å²) in [6.45, 7) is 1.72. The van der Waals surface area contributed by atoms with Crippen molar-refractivity contribution in [3.05, 3.63) is 107 Å². The number of halogens is 1. The van der Waals surface area contributed by atoms with Crippen LogP contribution in [0.1, 0.15) is 22.7 Å². The third kappa shape index (κ3) is 5.64. The number of hydrogen-bond acceptors (Lipinski definition) is 5. The second-order valence-corrected chi connectivity index (χ2v) is 9.61. The number of rotatable bonds is 9. The predicted molar refractivity (Wildman–Crippen MR) is 148 cm³/mol. The first-order valence-electron chi connectivity index (χ1n) is 12.9. The summed E-state index contributed by atoms with van der Waals surface area (Å²) in [5.41, 5.74) is 1.89. The Bertz CT molecular complexity index is 1570. The van der Waals surface area contributed by atoms with Gasteiger partial charge in [0.05, 0.1) is 12.3 Å². The molecular formula is C31H28FN3O5. The molecule has 1 aliphatic heterocycles. The summed E-state index contributed by atoms with van der Waals surface area (Å²) in [6.07, 6.45) is 0.0317. The number of anilines is 1. The second-order valence-electron chi connectivity index (χ2n) is 9.61. The summed E-state index contributed by atoms with van der Waals surface area (Å²) in [7, 11) is 0. The molecule has 4 aromatic carbocycles. The Hall–Kier alpha value is -4.76. The van der Waals surface area contributed by atoms with Gasteiger partial charge in [0.2, 0.25) is 5.91 Å². The molecule has 4 aromatic rings. The predicted octanol–water partition coefficient (Wildman–Crippen LogP) is 4.50. The smallest absolute Gasteiger partial charge is 0.325 e. The molecule has 40 heavy (non-hydrogen) atoms. The number of nitrogens with zero attached hydrogens (tertiary/aromatic N) is 1. The van der Waals surface area contributed by atoms with Gasteiger partial charge in [-0.25, -0.2) is 14.1 Å². The van der Waals surface area contributed by atoms with E-state index in [1.807, 2.05) is 42.5 Å². The highest BCUT2D eigenvalue weighted by Crippen LogP contribution is 2.28. The number of aryl methyl sites for hydroxylation is 1. The molecule has 0 spiro atoms. The van der Waals surface area contributed by atoms with E-state index >= 15 is 0 Å². The summed E-state index contributed by atoms with van der Waals surface area (Å²) in [5, 5.41) is 16.1. The van der Waals surface area contributed by atoms with Crippen LogP contribution in [0.3, 0.4) is 0 Å². The third-order valence-corrected chi connectivity index (χ3v) is 6.78. The molecule has 1 saturated heterocycles. The highest BCUT2D eigenvalue weighted by atomic mass is 19.1. The molecule has 0 aromatic heterocycles. The number of amides is 4. The van der Waals surface area contributed by atoms with Crippen molar-refractivity contribution in [3.8, 4) is 5.75 Å². The average molecular weight is 542 g/mol. The molecule has 204 valence electrons. The zero-order chi connectivity index (χ0) is 28.2. The largest absolute Gasteiger partial charge is 0.491 e. The lowest BCUT2D eigenvalue weighted by molar-refractivity contribution is -0.134. The zero-order valence-corrected chi connectivity index (χ0v) is 21.8. The van der Waals surface area contributed by atoms with Gasteiger partial charge in [-0.05, 0) is 58.7 Å². The molecule has 0 saturated carbocycles. The molecule has 5 rings (SSSR count). The fraction of sp³-hybridized carbons (Fsp3) is 0.194. The van der Waals surface area contributed by atoms with Crippen molar-refractivity contribution in [2.75, 3.05) is 18.5 Å². The summed E-state index contributed by atoms with van der Waals surface area (Å²) >= 11 is 0. The topological polar surface area (TPSA) is 108 Å². The first-order chi connectivity index (χ1) is 19.3. The van der Waals surface area contributed by atoms with Crippen LogP contribution in [0.4, 0.5) is 14.9 Å². The summed E-state index contributed by atoms with van der Waals surface area (Å²) < 4.78 is 20.0. The van der Waals surface area contributed by atoms with Crippen LogP contribution in [0.25, 0.3) is 10.8 Å². The standard InChI is InChI=1S/C31H28FN3O5/c1-19-6-13-26(25(32)16-19)33-29(37)27(18-20-7-8-21-4-2-3-5-23(21)17-20)35-30(38)28(34-31(35)39)22-9-11-24(12-10-22)40-15-14-36/h2-13,16-17,27-28,36H,14-15,18H2,1H3,(H,33,37)(H,34,39)/t27?,28-/m1/s1. The summed E-state index contributed by atoms with van der Waals surface area (Å²) in [5.74, 6) is -1.40. The normalized spacial score (nSPS) is 15.7. The maximum absolute atomic E-state index is 14.6. The van der Waals surface area contributed by atoms with Gasteiger partial charge < -0.3 is 20.5 Å². The van der Waals surface area contributed by atoms with Crippen LogP contribution >= 0.6 is 0 Å². The molecule has 3 N–H and O–H groups in total. The Morgan fingerprint density at radius 2 is 1.77 bits per heavy atom. The van der Waals surface area contributed by atoms with Crippen LogP contribution in [-0.2, 0) is 16.0 Å². The van der Waals surface area contributed by atoms with Crippen LogP contribution in [-0.4, -0.2) is 47.1 Å². The first-order valence-corrected chi connectivity index (χ1v) is 12.9. The minimum atomic E-state index is -1.24. The van der Waals surface area contributed by atoms with E-state index in [-0.39, 0.29) is 25.3 Å². The van der Waals surface area contributed by atoms with Crippen LogP contribution < -0.4 is 15.4 Å². The van der Waals surface area contributed by atoms with Crippen molar-refractivity contribution < 1.29 is 28.6 Å². The van der Waals surface area contributed by atoms with Crippen molar-refractivity contribution in [1.82, 2.24) is 10.2 Å². The number of carbonyl (C=O) groups is 3. The lowest BCUT2D eigenvalue weighted by atomic mass is 9.99. The first kappa shape index (κ1) is 26.8. The van der Waals surface area contributed by atoms with Crippen molar-refractivity contribution in [1.29, 1.82) is 0 Å². The van der Waals surface area contributed by atoms with Crippen LogP contribution in [0.15, 0.2) is 84.9 Å². The number of aliphatic hydroxyl groups is 1. The lowest BCUT2D eigenvalue weighted by Gasteiger charge is -2.25. The van der Waals surface area contributed by atoms with Gasteiger partial charge in [0, 0.05) is 6.42 Å². The van der Waals surface area contributed by atoms with E-state index in [0.29, 0.717) is 16.9 Å². The van der Waals surface area contributed by atoms with E-state index < -0.39 is 35.7 Å². The quantitative estimate of drug-likeness (QED) is 0.271. The van der Waals surface area contributed by atoms with Gasteiger partial charge in [-0.1, -0.05) is 60.7 Å². The van der Waals surface area contributed by atoms with E-state index in [9.17, 15) is 18.8 Å². The molecule has 0 bridgehead atoms. The third-order valence-electron chi connectivity index (χ3n) is 6.78. The number of carbonyl (C=O) groups excluding carboxylic acids is 3. The number of aliphatic hydroxyl groups excluding tert-OH is 1. The van der Waals surface area contributed by atoms with E-state index in [0.717, 1.165) is 21.2 Å². The molecule has 0 aliphatic carbocycles. The molecule has 8 nitrogen and oxygen atoms in total. The Balaban J connectivity index is 1.45. The van der Waals surface area contributed by atoms with Crippen molar-refractivity contribution >= 4 is 34.3 Å². The molecule has 1 fully saturated rings. The highest BCUT2D eigenvalue weighted by molar-refractivity contribution is 6.09. The fourth-order valence-electron chi connectivity index (χ4n) is 4.76. The minimum absolute atomic E-state index is 0.0317. The van der Waals surface area contributed by atoms with Gasteiger partial charge in [-0.2, -0.15) is 0 Å². The number of urea groups is 1. The van der Waals surface area contributed by atoms with Crippen LogP contribution in [0.2, 0.25) is 0 Å². The second kappa shape index (κ2) is 11.5. The number of hydrogen-bond donors (Lipinski definition) is 3. The number of ether oxygens (including phenoxy) is 1. The van der Waals surface area contributed by atoms with Crippen molar-refractivity contribution in [2.45, 2.75) is 25.4 Å². The van der Waals surface area contributed by atoms with Gasteiger partial charge >= 0.3 is 6.03 Å². The fourth-order valence-corrected chi connectivity index (χ4v) is 4.76. The molecule has 1 heterocycles. The molecule has 9 heteroatoms. The van der Waals surface area contributed by atoms with Gasteiger partial charge in [-0.15, -0.1) is 0 Å². The molecule has 1 unspecified atom stereocenters. The van der Waals surface area contributed by atoms with Gasteiger partial charge in [-0.3, -0.25) is 9.59 Å². The molecular weight excluding hydrogens is 513 g/mol. The van der Waals surface area contributed by atoms with E-state index in [2.05, 4.69) is 10.6 Å². The number of nitrogens with one attached hydrogen (secondary N) is 2. The Kier molecular flexibility index (Phi) is 7.75. The van der Waals surface area contributed by atoms with Gasteiger partial charge in [0.15, 0.2) is 0 Å². The zero-order valence-electron chi connectivity index (χ0n) is 21.8. The maximum atomic E-state index is 14.6. The molecule has 0 radical (unpaired) electrons. The minimum Gasteiger partial charge on any atom is -0.491 e. The monoisotopic (exact) mass is 541 g/mol. The molecule has 2 atom stereocenters. The number of imide groups is 1. The number of fused-ring (bicyclic) bond motifs is 1. The Labute approximate surface area is 230 Å². The van der Waals surface area contributed by atoms with Crippen molar-refractivity contribution in [2.24, 2.45) is 0 Å². The Morgan fingerprint density at radius 3 is 2.50 bits per heavy atom. The van der Waals surface area contributed by atoms with Crippen molar-refractivity contribution in [3.63, 3.8) is 0 Å². The molecule has 4 amide bonds. The van der Waals surface area contributed by atoms with Crippen LogP contribution in [0.5, 0.6) is 5.75 Å². The summed E-state index contributed by atoms with van der Waals surface area (Å²) in [6, 6.07) is 21.4. The average Bonchev–Trinajstić information content (AvgIpc) is 3.25. The van der Waals surface area contributed by atoms with Crippen LogP contribution in [0, 0.1) is 12.7 Å². The van der Waals surface area contributed by atoms with E-state index in [1.54, 1.807) is 37.3 Å². The van der Waals surface area contributed by atoms with Gasteiger partial charge in [0.1, 0.15) is 30.3 Å². The van der Waals surface area contributed by atoms with Gasteiger partial charge in [0.25, 0.3) is 5.91 Å². The highest BCUT2D eigenvalue weighted by Gasteiger charge is 2.45. The lowest BCUT2D eigenvalue weighted by Crippen LogP contribution is -2.49. The molecule has 1 aliphatic rings. The summed E-state index contributed by atoms with van der Waals surface area (Å²) in [4.78, 5) is 41.3. The SMILES string of the molecule is Cc1ccc(NC(=O)C(Cc2ccc3ccccc3c2)N2C(=O)N[C@H](c3ccc(OCCO)cc3)C2=O)c(F)c1. The Morgan fingerprint density at radius 1 is 1.02 bits per heavy atom.